The number of rotatable bonds is 3. The van der Waals surface area contributed by atoms with Crippen LogP contribution in [0.15, 0.2) is 29.3 Å². The van der Waals surface area contributed by atoms with E-state index < -0.39 is 0 Å². The number of hydrogen-bond donors (Lipinski definition) is 0. The minimum absolute atomic E-state index is 0.153. The molecule has 2 nitrogen and oxygen atoms in total. The molecule has 0 unspecified atom stereocenters. The van der Waals surface area contributed by atoms with Crippen LogP contribution in [0.3, 0.4) is 0 Å². The van der Waals surface area contributed by atoms with E-state index in [1.54, 1.807) is 6.92 Å². The van der Waals surface area contributed by atoms with E-state index in [0.29, 0.717) is 6.42 Å². The second kappa shape index (κ2) is 4.70. The van der Waals surface area contributed by atoms with Gasteiger partial charge in [0.1, 0.15) is 5.78 Å². The van der Waals surface area contributed by atoms with Crippen molar-refractivity contribution >= 4 is 17.2 Å². The van der Waals surface area contributed by atoms with Gasteiger partial charge in [-0.2, -0.15) is 0 Å². The monoisotopic (exact) mass is 189 g/mol. The average molecular weight is 189 g/mol. The molecular weight excluding hydrogens is 174 g/mol. The van der Waals surface area contributed by atoms with E-state index in [9.17, 15) is 4.79 Å². The Hall–Kier alpha value is -1.44. The fourth-order valence-electron chi connectivity index (χ4n) is 1.29. The maximum absolute atomic E-state index is 10.8. The van der Waals surface area contributed by atoms with Crippen molar-refractivity contribution < 1.29 is 4.79 Å². The Kier molecular flexibility index (Phi) is 3.57. The van der Waals surface area contributed by atoms with E-state index in [4.69, 9.17) is 0 Å². The molecule has 1 aromatic carbocycles. The largest absolute Gasteiger partial charge is 0.300 e. The van der Waals surface area contributed by atoms with Crippen LogP contribution in [-0.2, 0) is 4.79 Å². The van der Waals surface area contributed by atoms with Crippen LogP contribution in [0, 0.1) is 6.92 Å². The van der Waals surface area contributed by atoms with Gasteiger partial charge in [0.05, 0.1) is 5.69 Å². The Morgan fingerprint density at radius 3 is 2.50 bits per heavy atom. The number of hydrogen-bond acceptors (Lipinski definition) is 2. The summed E-state index contributed by atoms with van der Waals surface area (Å²) in [6, 6.07) is 7.90. The second-order valence-electron chi connectivity index (χ2n) is 3.51. The van der Waals surface area contributed by atoms with Crippen LogP contribution < -0.4 is 0 Å². The molecule has 0 fully saturated rings. The first-order chi connectivity index (χ1) is 6.59. The van der Waals surface area contributed by atoms with Gasteiger partial charge in [0.25, 0.3) is 0 Å². The van der Waals surface area contributed by atoms with Gasteiger partial charge in [0.2, 0.25) is 0 Å². The minimum Gasteiger partial charge on any atom is -0.300 e. The zero-order valence-corrected chi connectivity index (χ0v) is 8.87. The Balaban J connectivity index is 2.86. The number of para-hydroxylation sites is 1. The van der Waals surface area contributed by atoms with E-state index in [2.05, 4.69) is 4.99 Å². The molecule has 0 amide bonds. The number of carbonyl (C=O) groups excluding carboxylic acids is 1. The van der Waals surface area contributed by atoms with Crippen molar-refractivity contribution in [2.45, 2.75) is 27.2 Å². The molecule has 2 heteroatoms. The van der Waals surface area contributed by atoms with Gasteiger partial charge < -0.3 is 0 Å². The number of benzene rings is 1. The number of ketones is 1. The summed E-state index contributed by atoms with van der Waals surface area (Å²) in [7, 11) is 0. The summed E-state index contributed by atoms with van der Waals surface area (Å²) in [4.78, 5) is 15.2. The summed E-state index contributed by atoms with van der Waals surface area (Å²) in [5, 5.41) is 0. The Morgan fingerprint density at radius 2 is 1.93 bits per heavy atom. The van der Waals surface area contributed by atoms with E-state index in [0.717, 1.165) is 17.0 Å². The minimum atomic E-state index is 0.153. The van der Waals surface area contributed by atoms with Gasteiger partial charge in [-0.1, -0.05) is 18.2 Å². The van der Waals surface area contributed by atoms with Crippen molar-refractivity contribution in [1.82, 2.24) is 0 Å². The number of aryl methyl sites for hydroxylation is 1. The lowest BCUT2D eigenvalue weighted by Crippen LogP contribution is -1.99. The third-order valence-corrected chi connectivity index (χ3v) is 1.93. The first-order valence-electron chi connectivity index (χ1n) is 4.69. The van der Waals surface area contributed by atoms with Crippen LogP contribution in [0.25, 0.3) is 0 Å². The number of nitrogens with zero attached hydrogens (tertiary/aromatic N) is 1. The van der Waals surface area contributed by atoms with Crippen LogP contribution in [-0.4, -0.2) is 11.5 Å². The third kappa shape index (κ3) is 3.13. The lowest BCUT2D eigenvalue weighted by Gasteiger charge is -2.01. The fourth-order valence-corrected chi connectivity index (χ4v) is 1.29. The fraction of sp³-hybridized carbons (Fsp3) is 0.333. The molecule has 0 heterocycles. The van der Waals surface area contributed by atoms with Crippen LogP contribution in [0.4, 0.5) is 5.69 Å². The van der Waals surface area contributed by atoms with Gasteiger partial charge in [-0.05, 0) is 32.4 Å². The quantitative estimate of drug-likeness (QED) is 0.672. The van der Waals surface area contributed by atoms with Crippen LogP contribution >= 0.6 is 0 Å². The zero-order chi connectivity index (χ0) is 10.6. The molecule has 0 aliphatic heterocycles. The molecule has 0 saturated carbocycles. The van der Waals surface area contributed by atoms with Crippen molar-refractivity contribution in [3.05, 3.63) is 29.8 Å². The highest BCUT2D eigenvalue weighted by atomic mass is 16.1. The normalized spacial score (nSPS) is 11.5. The van der Waals surface area contributed by atoms with E-state index >= 15 is 0 Å². The molecule has 0 atom stereocenters. The number of carbonyl (C=O) groups is 1. The molecule has 1 rings (SSSR count). The Labute approximate surface area is 84.7 Å². The lowest BCUT2D eigenvalue weighted by molar-refractivity contribution is -0.115. The lowest BCUT2D eigenvalue weighted by atomic mass is 10.2. The molecule has 0 bridgehead atoms. The van der Waals surface area contributed by atoms with Crippen molar-refractivity contribution in [2.24, 2.45) is 4.99 Å². The smallest absolute Gasteiger partial charge is 0.135 e. The highest BCUT2D eigenvalue weighted by molar-refractivity contribution is 6.00. The third-order valence-electron chi connectivity index (χ3n) is 1.93. The molecule has 0 aliphatic carbocycles. The first kappa shape index (κ1) is 10.6. The summed E-state index contributed by atoms with van der Waals surface area (Å²) in [6.07, 6.45) is 0.439. The van der Waals surface area contributed by atoms with Crippen LogP contribution in [0.1, 0.15) is 25.8 Å². The van der Waals surface area contributed by atoms with Crippen molar-refractivity contribution in [1.29, 1.82) is 0 Å². The Morgan fingerprint density at radius 1 is 1.29 bits per heavy atom. The van der Waals surface area contributed by atoms with Gasteiger partial charge in [0, 0.05) is 12.1 Å². The summed E-state index contributed by atoms with van der Waals surface area (Å²) in [5.41, 5.74) is 2.95. The molecule has 0 aromatic heterocycles. The summed E-state index contributed by atoms with van der Waals surface area (Å²) in [6.45, 7) is 5.48. The number of Topliss-reactive ketones (excluding diaryl/α,β-unsaturated/α-hetero) is 1. The van der Waals surface area contributed by atoms with Gasteiger partial charge in [-0.3, -0.25) is 9.79 Å². The van der Waals surface area contributed by atoms with Crippen molar-refractivity contribution in [2.75, 3.05) is 0 Å². The predicted molar refractivity (Wildman–Crippen MR) is 59.2 cm³/mol. The Bertz CT molecular complexity index is 366. The predicted octanol–water partition coefficient (Wildman–Crippen LogP) is 3.07. The second-order valence-corrected chi connectivity index (χ2v) is 3.51. The van der Waals surface area contributed by atoms with Gasteiger partial charge >= 0.3 is 0 Å². The maximum Gasteiger partial charge on any atom is 0.135 e. The first-order valence-corrected chi connectivity index (χ1v) is 4.69. The average Bonchev–Trinajstić information content (AvgIpc) is 2.07. The highest BCUT2D eigenvalue weighted by Gasteiger charge is 1.98. The summed E-state index contributed by atoms with van der Waals surface area (Å²) < 4.78 is 0. The van der Waals surface area contributed by atoms with Crippen LogP contribution in [0.5, 0.6) is 0 Å². The topological polar surface area (TPSA) is 29.4 Å². The maximum atomic E-state index is 10.8. The summed E-state index contributed by atoms with van der Waals surface area (Å²) in [5.74, 6) is 0.153. The van der Waals surface area contributed by atoms with E-state index in [1.165, 1.54) is 0 Å². The molecule has 0 aliphatic rings. The van der Waals surface area contributed by atoms with E-state index in [-0.39, 0.29) is 5.78 Å². The molecule has 0 spiro atoms. The molecule has 1 aromatic rings. The molecule has 0 N–H and O–H groups in total. The summed E-state index contributed by atoms with van der Waals surface area (Å²) >= 11 is 0. The van der Waals surface area contributed by atoms with Crippen molar-refractivity contribution in [3.63, 3.8) is 0 Å². The highest BCUT2D eigenvalue weighted by Crippen LogP contribution is 2.17. The van der Waals surface area contributed by atoms with Crippen LogP contribution in [0.2, 0.25) is 0 Å². The number of aliphatic imine (C=N–C) groups is 1. The van der Waals surface area contributed by atoms with Crippen molar-refractivity contribution in [3.8, 4) is 0 Å². The molecule has 0 saturated heterocycles. The molecule has 0 radical (unpaired) electrons. The molecular formula is C12H15NO. The zero-order valence-electron chi connectivity index (χ0n) is 8.87. The molecule has 14 heavy (non-hydrogen) atoms. The van der Waals surface area contributed by atoms with E-state index in [1.807, 2.05) is 38.1 Å². The SMILES string of the molecule is CC(=O)C/C(C)=N/c1ccccc1C. The van der Waals surface area contributed by atoms with Gasteiger partial charge in [0.15, 0.2) is 0 Å². The molecule has 74 valence electrons. The van der Waals surface area contributed by atoms with Gasteiger partial charge in [-0.25, -0.2) is 0 Å². The standard InChI is InChI=1S/C12H15NO/c1-9-6-4-5-7-12(9)13-10(2)8-11(3)14/h4-7H,8H2,1-3H3/b13-10+. The van der Waals surface area contributed by atoms with Gasteiger partial charge in [-0.15, -0.1) is 0 Å².